The molecule has 1 aromatic carbocycles. The van der Waals surface area contributed by atoms with Gasteiger partial charge >= 0.3 is 0 Å². The van der Waals surface area contributed by atoms with Gasteiger partial charge in [0.1, 0.15) is 19.2 Å². The summed E-state index contributed by atoms with van der Waals surface area (Å²) >= 11 is 5.86. The Morgan fingerprint density at radius 2 is 2.35 bits per heavy atom. The highest BCUT2D eigenvalue weighted by molar-refractivity contribution is 6.31. The maximum absolute atomic E-state index is 11.7. The van der Waals surface area contributed by atoms with E-state index in [9.17, 15) is 4.79 Å². The first-order valence-corrected chi connectivity index (χ1v) is 5.41. The van der Waals surface area contributed by atoms with Crippen LogP contribution >= 0.6 is 11.6 Å². The van der Waals surface area contributed by atoms with Gasteiger partial charge in [0.25, 0.3) is 0 Å². The number of aryl methyl sites for hydroxylation is 1. The Labute approximate surface area is 103 Å². The first-order valence-electron chi connectivity index (χ1n) is 5.03. The highest BCUT2D eigenvalue weighted by Crippen LogP contribution is 2.19. The number of amides is 1. The van der Waals surface area contributed by atoms with Crippen molar-refractivity contribution in [1.82, 2.24) is 14.8 Å². The lowest BCUT2D eigenvalue weighted by Gasteiger charge is -2.08. The first kappa shape index (κ1) is 11.6. The van der Waals surface area contributed by atoms with Gasteiger partial charge in [-0.2, -0.15) is 5.10 Å². The van der Waals surface area contributed by atoms with E-state index >= 15 is 0 Å². The lowest BCUT2D eigenvalue weighted by molar-refractivity contribution is -0.116. The van der Waals surface area contributed by atoms with Crippen molar-refractivity contribution in [3.63, 3.8) is 0 Å². The van der Waals surface area contributed by atoms with Crippen LogP contribution in [-0.2, 0) is 11.3 Å². The molecule has 0 aliphatic rings. The van der Waals surface area contributed by atoms with Crippen LogP contribution in [0.5, 0.6) is 0 Å². The van der Waals surface area contributed by atoms with Crippen molar-refractivity contribution in [2.24, 2.45) is 0 Å². The van der Waals surface area contributed by atoms with E-state index in [0.717, 1.165) is 5.56 Å². The Hall–Kier alpha value is -1.88. The molecule has 17 heavy (non-hydrogen) atoms. The van der Waals surface area contributed by atoms with Gasteiger partial charge < -0.3 is 5.32 Å². The molecule has 0 saturated heterocycles. The molecule has 6 heteroatoms. The summed E-state index contributed by atoms with van der Waals surface area (Å²) in [6.45, 7) is 2.04. The molecule has 1 heterocycles. The molecule has 0 saturated carbocycles. The Morgan fingerprint density at radius 3 is 3.06 bits per heavy atom. The van der Waals surface area contributed by atoms with Crippen LogP contribution in [0.25, 0.3) is 0 Å². The molecule has 0 bridgehead atoms. The van der Waals surface area contributed by atoms with Gasteiger partial charge in [-0.05, 0) is 24.6 Å². The van der Waals surface area contributed by atoms with Crippen LogP contribution in [0.3, 0.4) is 0 Å². The fraction of sp³-hybridized carbons (Fsp3) is 0.182. The quantitative estimate of drug-likeness (QED) is 0.905. The molecule has 0 spiro atoms. The van der Waals surface area contributed by atoms with E-state index in [0.29, 0.717) is 10.7 Å². The van der Waals surface area contributed by atoms with Crippen molar-refractivity contribution in [2.75, 3.05) is 5.32 Å². The summed E-state index contributed by atoms with van der Waals surface area (Å²) in [6.07, 6.45) is 2.88. The Bertz CT molecular complexity index is 524. The summed E-state index contributed by atoms with van der Waals surface area (Å²) in [5.41, 5.74) is 1.67. The number of aromatic nitrogens is 3. The van der Waals surface area contributed by atoms with Gasteiger partial charge in [0.05, 0.1) is 0 Å². The molecule has 1 amide bonds. The Morgan fingerprint density at radius 1 is 1.53 bits per heavy atom. The molecule has 0 aliphatic heterocycles. The Kier molecular flexibility index (Phi) is 3.39. The number of nitrogens with zero attached hydrogens (tertiary/aromatic N) is 3. The molecule has 88 valence electrons. The van der Waals surface area contributed by atoms with E-state index < -0.39 is 0 Å². The zero-order valence-corrected chi connectivity index (χ0v) is 9.98. The van der Waals surface area contributed by atoms with Crippen LogP contribution in [0.1, 0.15) is 5.56 Å². The first-order chi connectivity index (χ1) is 8.15. The van der Waals surface area contributed by atoms with Crippen LogP contribution in [0.4, 0.5) is 5.69 Å². The van der Waals surface area contributed by atoms with E-state index in [4.69, 9.17) is 11.6 Å². The number of hydrogen-bond donors (Lipinski definition) is 1. The minimum atomic E-state index is -0.166. The molecule has 0 fully saturated rings. The summed E-state index contributed by atoms with van der Waals surface area (Å²) < 4.78 is 1.45. The molecule has 1 N–H and O–H groups in total. The number of hydrogen-bond acceptors (Lipinski definition) is 3. The van der Waals surface area contributed by atoms with Crippen LogP contribution in [0.15, 0.2) is 30.9 Å². The second kappa shape index (κ2) is 4.97. The summed E-state index contributed by atoms with van der Waals surface area (Å²) in [4.78, 5) is 15.5. The van der Waals surface area contributed by atoms with Crippen LogP contribution in [0.2, 0.25) is 5.02 Å². The molecule has 0 aliphatic carbocycles. The van der Waals surface area contributed by atoms with Crippen molar-refractivity contribution < 1.29 is 4.79 Å². The normalized spacial score (nSPS) is 10.2. The average Bonchev–Trinajstić information content (AvgIpc) is 2.76. The lowest BCUT2D eigenvalue weighted by Crippen LogP contribution is -2.19. The van der Waals surface area contributed by atoms with E-state index in [-0.39, 0.29) is 12.5 Å². The molecular weight excluding hydrogens is 240 g/mol. The zero-order valence-electron chi connectivity index (χ0n) is 9.22. The van der Waals surface area contributed by atoms with Gasteiger partial charge in [-0.25, -0.2) is 9.67 Å². The maximum Gasteiger partial charge on any atom is 0.246 e. The monoisotopic (exact) mass is 250 g/mol. The molecule has 0 unspecified atom stereocenters. The highest BCUT2D eigenvalue weighted by Gasteiger charge is 2.06. The predicted octanol–water partition coefficient (Wildman–Crippen LogP) is 1.88. The van der Waals surface area contributed by atoms with Gasteiger partial charge in [0.2, 0.25) is 5.91 Å². The fourth-order valence-electron chi connectivity index (χ4n) is 1.38. The van der Waals surface area contributed by atoms with Crippen LogP contribution in [-0.4, -0.2) is 20.7 Å². The van der Waals surface area contributed by atoms with E-state index in [1.807, 2.05) is 13.0 Å². The zero-order chi connectivity index (χ0) is 12.3. The SMILES string of the molecule is Cc1ccc(Cl)cc1NC(=O)Cn1cncn1. The number of anilines is 1. The Balaban J connectivity index is 2.05. The summed E-state index contributed by atoms with van der Waals surface area (Å²) in [7, 11) is 0. The highest BCUT2D eigenvalue weighted by atomic mass is 35.5. The maximum atomic E-state index is 11.7. The molecule has 2 rings (SSSR count). The third-order valence-electron chi connectivity index (χ3n) is 2.25. The van der Waals surface area contributed by atoms with Crippen molar-refractivity contribution in [3.8, 4) is 0 Å². The van der Waals surface area contributed by atoms with Gasteiger partial charge in [0.15, 0.2) is 0 Å². The van der Waals surface area contributed by atoms with E-state index in [2.05, 4.69) is 15.4 Å². The van der Waals surface area contributed by atoms with Gasteiger partial charge in [-0.1, -0.05) is 17.7 Å². The van der Waals surface area contributed by atoms with Crippen molar-refractivity contribution in [3.05, 3.63) is 41.4 Å². The second-order valence-electron chi connectivity index (χ2n) is 3.60. The number of rotatable bonds is 3. The largest absolute Gasteiger partial charge is 0.324 e. The molecule has 0 atom stereocenters. The molecule has 5 nitrogen and oxygen atoms in total. The smallest absolute Gasteiger partial charge is 0.246 e. The molecular formula is C11H11ClN4O. The minimum absolute atomic E-state index is 0.131. The molecule has 0 radical (unpaired) electrons. The van der Waals surface area contributed by atoms with Crippen LogP contribution < -0.4 is 5.32 Å². The number of benzene rings is 1. The van der Waals surface area contributed by atoms with Crippen molar-refractivity contribution in [2.45, 2.75) is 13.5 Å². The molecule has 1 aromatic heterocycles. The van der Waals surface area contributed by atoms with E-state index in [1.165, 1.54) is 17.3 Å². The second-order valence-corrected chi connectivity index (χ2v) is 4.04. The third-order valence-corrected chi connectivity index (χ3v) is 2.48. The van der Waals surface area contributed by atoms with Gasteiger partial charge in [0, 0.05) is 10.7 Å². The molecule has 2 aromatic rings. The standard InChI is InChI=1S/C11H11ClN4O/c1-8-2-3-9(12)4-10(8)15-11(17)5-16-7-13-6-14-16/h2-4,6-7H,5H2,1H3,(H,15,17). The average molecular weight is 251 g/mol. The summed E-state index contributed by atoms with van der Waals surface area (Å²) in [6, 6.07) is 5.35. The third kappa shape index (κ3) is 3.04. The van der Waals surface area contributed by atoms with Gasteiger partial charge in [-0.15, -0.1) is 0 Å². The fourth-order valence-corrected chi connectivity index (χ4v) is 1.55. The summed E-state index contributed by atoms with van der Waals surface area (Å²) in [5.74, 6) is -0.166. The summed E-state index contributed by atoms with van der Waals surface area (Å²) in [5, 5.41) is 7.22. The minimum Gasteiger partial charge on any atom is -0.324 e. The number of carbonyl (C=O) groups is 1. The van der Waals surface area contributed by atoms with Crippen LogP contribution in [0, 0.1) is 6.92 Å². The number of carbonyl (C=O) groups excluding carboxylic acids is 1. The number of halogens is 1. The van der Waals surface area contributed by atoms with Crippen molar-refractivity contribution in [1.29, 1.82) is 0 Å². The topological polar surface area (TPSA) is 59.8 Å². The van der Waals surface area contributed by atoms with E-state index in [1.54, 1.807) is 12.1 Å². The van der Waals surface area contributed by atoms with Gasteiger partial charge in [-0.3, -0.25) is 4.79 Å². The predicted molar refractivity (Wildman–Crippen MR) is 64.8 cm³/mol. The number of nitrogens with one attached hydrogen (secondary N) is 1. The van der Waals surface area contributed by atoms with Crippen molar-refractivity contribution >= 4 is 23.2 Å². The lowest BCUT2D eigenvalue weighted by atomic mass is 10.2.